The molecule has 1 N–H and O–H groups in total. The van der Waals surface area contributed by atoms with Crippen LogP contribution in [0, 0.1) is 0 Å². The van der Waals surface area contributed by atoms with Crippen molar-refractivity contribution in [2.75, 3.05) is 18.7 Å². The van der Waals surface area contributed by atoms with E-state index in [-0.39, 0.29) is 37.1 Å². The number of fused-ring (bicyclic) bond motifs is 1. The van der Waals surface area contributed by atoms with E-state index < -0.39 is 5.97 Å². The zero-order valence-electron chi connectivity index (χ0n) is 16.0. The van der Waals surface area contributed by atoms with Gasteiger partial charge in [-0.1, -0.05) is 42.2 Å². The van der Waals surface area contributed by atoms with Crippen molar-refractivity contribution >= 4 is 57.8 Å². The first-order valence-corrected chi connectivity index (χ1v) is 10.4. The van der Waals surface area contributed by atoms with E-state index in [9.17, 15) is 19.5 Å². The van der Waals surface area contributed by atoms with E-state index in [1.165, 1.54) is 23.1 Å². The number of nitrogens with one attached hydrogen (secondary N) is 1. The predicted molar refractivity (Wildman–Crippen MR) is 116 cm³/mol. The number of carbonyl (C=O) groups is 3. The van der Waals surface area contributed by atoms with Crippen LogP contribution in [0.4, 0.5) is 5.69 Å². The Bertz CT molecular complexity index is 1130. The van der Waals surface area contributed by atoms with Gasteiger partial charge in [0.25, 0.3) is 5.91 Å². The molecule has 2 amide bonds. The number of thiocarbonyl (C=S) groups is 1. The van der Waals surface area contributed by atoms with Crippen molar-refractivity contribution in [2.24, 2.45) is 0 Å². The Balaban J connectivity index is 1.37. The van der Waals surface area contributed by atoms with Crippen molar-refractivity contribution in [3.8, 4) is 11.5 Å². The Morgan fingerprint density at radius 1 is 1.19 bits per heavy atom. The predicted octanol–water partition coefficient (Wildman–Crippen LogP) is 2.01. The Morgan fingerprint density at radius 3 is 2.81 bits per heavy atom. The van der Waals surface area contributed by atoms with Crippen molar-refractivity contribution < 1.29 is 29.0 Å². The summed E-state index contributed by atoms with van der Waals surface area (Å²) in [4.78, 5) is 37.7. The third-order valence-corrected chi connectivity index (χ3v) is 5.89. The van der Waals surface area contributed by atoms with Crippen LogP contribution in [0.3, 0.4) is 0 Å². The Morgan fingerprint density at radius 2 is 2.00 bits per heavy atom. The van der Waals surface area contributed by atoms with Crippen molar-refractivity contribution in [3.63, 3.8) is 0 Å². The van der Waals surface area contributed by atoms with Crippen molar-refractivity contribution in [1.29, 1.82) is 0 Å². The summed E-state index contributed by atoms with van der Waals surface area (Å²) in [5.74, 6) is -0.712. The van der Waals surface area contributed by atoms with E-state index in [1.807, 2.05) is 6.07 Å². The van der Waals surface area contributed by atoms with Crippen LogP contribution < -0.4 is 19.9 Å². The molecule has 0 spiro atoms. The number of aromatic carboxylic acids is 1. The van der Waals surface area contributed by atoms with Gasteiger partial charge in [0, 0.05) is 18.7 Å². The lowest BCUT2D eigenvalue weighted by atomic mass is 10.2. The number of thioether (sulfide) groups is 1. The fourth-order valence-electron chi connectivity index (χ4n) is 3.01. The van der Waals surface area contributed by atoms with Gasteiger partial charge in [-0.05, 0) is 41.5 Å². The summed E-state index contributed by atoms with van der Waals surface area (Å²) >= 11 is 6.46. The Labute approximate surface area is 186 Å². The second kappa shape index (κ2) is 8.78. The molecule has 1 fully saturated rings. The smallest absolute Gasteiger partial charge is 0.266 e. The zero-order chi connectivity index (χ0) is 22.0. The van der Waals surface area contributed by atoms with Gasteiger partial charge in [0.2, 0.25) is 12.7 Å². The summed E-state index contributed by atoms with van der Waals surface area (Å²) in [6.07, 6.45) is 1.71. The molecule has 2 aromatic rings. The molecule has 0 aromatic heterocycles. The normalized spacial score (nSPS) is 16.1. The number of carboxylic acid groups (broad SMARTS) is 1. The highest BCUT2D eigenvalue weighted by atomic mass is 32.2. The fourth-order valence-corrected chi connectivity index (χ4v) is 4.32. The molecule has 0 unspecified atom stereocenters. The van der Waals surface area contributed by atoms with E-state index in [4.69, 9.17) is 21.7 Å². The molecule has 158 valence electrons. The molecular formula is C21H15N2O6S2-. The number of hydrogen-bond donors (Lipinski definition) is 1. The highest BCUT2D eigenvalue weighted by Gasteiger charge is 2.32. The largest absolute Gasteiger partial charge is 0.545 e. The lowest BCUT2D eigenvalue weighted by Crippen LogP contribution is -2.31. The summed E-state index contributed by atoms with van der Waals surface area (Å²) in [6, 6.07) is 11.1. The summed E-state index contributed by atoms with van der Waals surface area (Å²) < 4.78 is 11.0. The monoisotopic (exact) mass is 455 g/mol. The number of hydrogen-bond acceptors (Lipinski definition) is 8. The molecule has 0 aliphatic carbocycles. The third kappa shape index (κ3) is 4.70. The van der Waals surface area contributed by atoms with E-state index >= 15 is 0 Å². The van der Waals surface area contributed by atoms with E-state index in [2.05, 4.69) is 5.32 Å². The molecule has 1 saturated heterocycles. The molecule has 0 atom stereocenters. The fraction of sp³-hybridized carbons (Fsp3) is 0.143. The number of carboxylic acids is 1. The number of ether oxygens (including phenoxy) is 2. The van der Waals surface area contributed by atoms with Crippen LogP contribution in [0.25, 0.3) is 6.08 Å². The minimum absolute atomic E-state index is 0.000701. The van der Waals surface area contributed by atoms with Crippen molar-refractivity contribution in [3.05, 3.63) is 58.5 Å². The van der Waals surface area contributed by atoms with Gasteiger partial charge in [-0.15, -0.1) is 0 Å². The minimum Gasteiger partial charge on any atom is -0.545 e. The van der Waals surface area contributed by atoms with Gasteiger partial charge in [-0.2, -0.15) is 0 Å². The average Bonchev–Trinajstić information content (AvgIpc) is 3.31. The summed E-state index contributed by atoms with van der Waals surface area (Å²) in [5, 5.41) is 13.5. The first-order chi connectivity index (χ1) is 14.9. The van der Waals surface area contributed by atoms with Gasteiger partial charge in [0.1, 0.15) is 4.32 Å². The van der Waals surface area contributed by atoms with Gasteiger partial charge < -0.3 is 24.7 Å². The van der Waals surface area contributed by atoms with Crippen LogP contribution in [-0.2, 0) is 9.59 Å². The van der Waals surface area contributed by atoms with E-state index in [1.54, 1.807) is 24.3 Å². The molecule has 2 aliphatic rings. The number of benzene rings is 2. The number of rotatable bonds is 6. The average molecular weight is 455 g/mol. The first-order valence-electron chi connectivity index (χ1n) is 9.17. The third-order valence-electron chi connectivity index (χ3n) is 4.51. The molecule has 0 radical (unpaired) electrons. The van der Waals surface area contributed by atoms with Crippen molar-refractivity contribution in [1.82, 2.24) is 4.90 Å². The van der Waals surface area contributed by atoms with Crippen LogP contribution in [0.15, 0.2) is 47.4 Å². The highest BCUT2D eigenvalue weighted by molar-refractivity contribution is 8.26. The zero-order valence-corrected chi connectivity index (χ0v) is 17.6. The number of amides is 2. The maximum absolute atomic E-state index is 12.7. The lowest BCUT2D eigenvalue weighted by Gasteiger charge is -2.14. The molecule has 8 nitrogen and oxygen atoms in total. The van der Waals surface area contributed by atoms with E-state index in [0.717, 1.165) is 17.3 Å². The highest BCUT2D eigenvalue weighted by Crippen LogP contribution is 2.36. The van der Waals surface area contributed by atoms with Crippen LogP contribution in [-0.4, -0.2) is 40.3 Å². The summed E-state index contributed by atoms with van der Waals surface area (Å²) in [6.45, 7) is 0.273. The molecule has 10 heteroatoms. The summed E-state index contributed by atoms with van der Waals surface area (Å²) in [7, 11) is 0. The maximum Gasteiger partial charge on any atom is 0.266 e. The van der Waals surface area contributed by atoms with E-state index in [0.29, 0.717) is 26.4 Å². The van der Waals surface area contributed by atoms with Gasteiger partial charge in [0.05, 0.1) is 10.9 Å². The SMILES string of the molecule is O=C(CCN1C(=O)/C(=C/c2ccc3c(c2)OCO3)SC1=S)Nc1cccc(C(=O)[O-])c1. The number of nitrogens with zero attached hydrogens (tertiary/aromatic N) is 1. The van der Waals surface area contributed by atoms with Gasteiger partial charge >= 0.3 is 0 Å². The molecular weight excluding hydrogens is 440 g/mol. The number of carbonyl (C=O) groups excluding carboxylic acids is 3. The van der Waals surface area contributed by atoms with Crippen LogP contribution in [0.5, 0.6) is 11.5 Å². The lowest BCUT2D eigenvalue weighted by molar-refractivity contribution is -0.255. The molecule has 4 rings (SSSR count). The Kier molecular flexibility index (Phi) is 5.92. The van der Waals surface area contributed by atoms with Gasteiger partial charge in [-0.25, -0.2) is 0 Å². The van der Waals surface area contributed by atoms with Crippen LogP contribution in [0.2, 0.25) is 0 Å². The molecule has 2 aliphatic heterocycles. The van der Waals surface area contributed by atoms with Crippen LogP contribution >= 0.6 is 24.0 Å². The minimum atomic E-state index is -1.33. The number of anilines is 1. The molecule has 31 heavy (non-hydrogen) atoms. The maximum atomic E-state index is 12.7. The summed E-state index contributed by atoms with van der Waals surface area (Å²) in [5.41, 5.74) is 1.07. The first kappa shape index (κ1) is 20.9. The second-order valence-corrected chi connectivity index (χ2v) is 8.29. The Hall–Kier alpha value is -3.37. The quantitative estimate of drug-likeness (QED) is 0.521. The molecule has 2 heterocycles. The van der Waals surface area contributed by atoms with Crippen molar-refractivity contribution in [2.45, 2.75) is 6.42 Å². The standard InChI is InChI=1S/C21H16N2O6S2/c24-18(22-14-3-1-2-13(10-14)20(26)27)6-7-23-19(25)17(31-21(23)30)9-12-4-5-15-16(8-12)29-11-28-15/h1-5,8-10H,6-7,11H2,(H,22,24)(H,26,27)/p-1/b17-9-. The van der Waals surface area contributed by atoms with Gasteiger partial charge in [0.15, 0.2) is 11.5 Å². The topological polar surface area (TPSA) is 108 Å². The molecule has 0 saturated carbocycles. The van der Waals surface area contributed by atoms with Gasteiger partial charge in [-0.3, -0.25) is 14.5 Å². The molecule has 2 aromatic carbocycles. The second-order valence-electron chi connectivity index (χ2n) is 6.61. The van der Waals surface area contributed by atoms with Crippen LogP contribution in [0.1, 0.15) is 22.3 Å². The molecule has 0 bridgehead atoms.